The van der Waals surface area contributed by atoms with Gasteiger partial charge in [-0.25, -0.2) is 4.39 Å². The summed E-state index contributed by atoms with van der Waals surface area (Å²) < 4.78 is 14.2. The number of halogens is 1. The molecule has 3 N–H and O–H groups in total. The summed E-state index contributed by atoms with van der Waals surface area (Å²) in [5, 5.41) is 32.7. The molecule has 0 radical (unpaired) electrons. The molecule has 6 nitrogen and oxygen atoms in total. The van der Waals surface area contributed by atoms with Crippen LogP contribution >= 0.6 is 0 Å². The summed E-state index contributed by atoms with van der Waals surface area (Å²) in [4.78, 5) is 4.10. The Balaban J connectivity index is 1.82. The molecule has 2 heterocycles. The maximum atomic E-state index is 14.2. The van der Waals surface area contributed by atoms with Crippen molar-refractivity contribution in [2.24, 2.45) is 0 Å². The highest BCUT2D eigenvalue weighted by atomic mass is 19.1. The molecule has 2 atom stereocenters. The first-order valence-corrected chi connectivity index (χ1v) is 8.16. The smallest absolute Gasteiger partial charge is 0.156 e. The Kier molecular flexibility index (Phi) is 3.93. The van der Waals surface area contributed by atoms with Crippen LogP contribution < -0.4 is 5.32 Å². The molecular formula is C18H17FN4O2. The molecule has 1 aromatic carbocycles. The van der Waals surface area contributed by atoms with Crippen molar-refractivity contribution in [3.63, 3.8) is 0 Å². The van der Waals surface area contributed by atoms with E-state index in [2.05, 4.69) is 20.5 Å². The molecule has 25 heavy (non-hydrogen) atoms. The molecule has 1 aliphatic rings. The van der Waals surface area contributed by atoms with Crippen LogP contribution in [-0.2, 0) is 0 Å². The van der Waals surface area contributed by atoms with Crippen LogP contribution in [-0.4, -0.2) is 37.5 Å². The maximum Gasteiger partial charge on any atom is 0.156 e. The number of phenols is 1. The number of fused-ring (bicyclic) bond motifs is 1. The molecule has 0 aliphatic heterocycles. The van der Waals surface area contributed by atoms with Gasteiger partial charge in [0.15, 0.2) is 5.82 Å². The lowest BCUT2D eigenvalue weighted by Crippen LogP contribution is -2.18. The number of nitrogens with one attached hydrogen (secondary N) is 1. The second-order valence-electron chi connectivity index (χ2n) is 6.26. The average molecular weight is 340 g/mol. The van der Waals surface area contributed by atoms with Crippen molar-refractivity contribution in [2.75, 3.05) is 5.32 Å². The molecule has 2 aromatic heterocycles. The summed E-state index contributed by atoms with van der Waals surface area (Å²) in [6.07, 6.45) is 5.18. The third-order valence-corrected chi connectivity index (χ3v) is 4.56. The number of hydrogen-bond donors (Lipinski definition) is 3. The van der Waals surface area contributed by atoms with Crippen molar-refractivity contribution in [1.29, 1.82) is 0 Å². The van der Waals surface area contributed by atoms with E-state index in [1.807, 2.05) is 0 Å². The Morgan fingerprint density at radius 2 is 2.00 bits per heavy atom. The van der Waals surface area contributed by atoms with Crippen LogP contribution in [0.1, 0.15) is 19.3 Å². The second kappa shape index (κ2) is 6.25. The summed E-state index contributed by atoms with van der Waals surface area (Å²) in [6.45, 7) is 0. The number of aliphatic hydroxyl groups excluding tert-OH is 1. The molecule has 7 heteroatoms. The Hall–Kier alpha value is -2.80. The van der Waals surface area contributed by atoms with E-state index in [-0.39, 0.29) is 29.2 Å². The van der Waals surface area contributed by atoms with Crippen LogP contribution in [0.2, 0.25) is 0 Å². The number of pyridine rings is 1. The monoisotopic (exact) mass is 340 g/mol. The van der Waals surface area contributed by atoms with Gasteiger partial charge < -0.3 is 15.5 Å². The third kappa shape index (κ3) is 2.87. The summed E-state index contributed by atoms with van der Waals surface area (Å²) >= 11 is 0. The molecule has 3 aromatic rings. The minimum absolute atomic E-state index is 0.0100. The molecule has 0 spiro atoms. The van der Waals surface area contributed by atoms with Gasteiger partial charge in [0.2, 0.25) is 0 Å². The Labute approximate surface area is 143 Å². The van der Waals surface area contributed by atoms with Gasteiger partial charge in [-0.2, -0.15) is 0 Å². The molecule has 1 fully saturated rings. The number of aromatic hydroxyl groups is 1. The van der Waals surface area contributed by atoms with Crippen LogP contribution in [0.5, 0.6) is 5.75 Å². The molecule has 0 saturated heterocycles. The van der Waals surface area contributed by atoms with E-state index in [1.165, 1.54) is 18.2 Å². The van der Waals surface area contributed by atoms with Gasteiger partial charge in [0.1, 0.15) is 17.3 Å². The molecule has 1 aliphatic carbocycles. The van der Waals surface area contributed by atoms with Crippen LogP contribution in [0, 0.1) is 5.82 Å². The highest BCUT2D eigenvalue weighted by Gasteiger charge is 2.24. The predicted octanol–water partition coefficient (Wildman–Crippen LogP) is 2.86. The van der Waals surface area contributed by atoms with Gasteiger partial charge in [0.25, 0.3) is 0 Å². The number of rotatable bonds is 3. The fourth-order valence-electron chi connectivity index (χ4n) is 3.32. The largest absolute Gasteiger partial charge is 0.507 e. The van der Waals surface area contributed by atoms with Gasteiger partial charge in [-0.1, -0.05) is 6.07 Å². The van der Waals surface area contributed by atoms with Crippen LogP contribution in [0.4, 0.5) is 10.2 Å². The predicted molar refractivity (Wildman–Crippen MR) is 91.7 cm³/mol. The Bertz CT molecular complexity index is 914. The molecule has 128 valence electrons. The van der Waals surface area contributed by atoms with Gasteiger partial charge in [-0.3, -0.25) is 4.98 Å². The SMILES string of the molecule is Oc1cccc(F)c1-c1nnc(N[C@H]2CC[C@@H](O)C2)c2ccncc12. The van der Waals surface area contributed by atoms with Crippen LogP contribution in [0.15, 0.2) is 36.7 Å². The van der Waals surface area contributed by atoms with E-state index in [0.717, 1.165) is 18.2 Å². The first-order chi connectivity index (χ1) is 12.1. The highest BCUT2D eigenvalue weighted by molar-refractivity contribution is 6.00. The zero-order chi connectivity index (χ0) is 17.4. The van der Waals surface area contributed by atoms with E-state index in [9.17, 15) is 14.6 Å². The first-order valence-electron chi connectivity index (χ1n) is 8.16. The van der Waals surface area contributed by atoms with Crippen molar-refractivity contribution in [3.05, 3.63) is 42.5 Å². The Morgan fingerprint density at radius 3 is 2.76 bits per heavy atom. The standard InChI is InChI=1S/C18H17FN4O2/c19-14-2-1-3-15(25)16(14)17-13-9-20-7-6-12(13)18(23-22-17)21-10-4-5-11(24)8-10/h1-3,6-7,9-11,24-25H,4-5,8H2,(H,21,23)/t10-,11+/m0/s1. The van der Waals surface area contributed by atoms with Gasteiger partial charge in [-0.05, 0) is 37.5 Å². The van der Waals surface area contributed by atoms with E-state index in [4.69, 9.17) is 0 Å². The molecule has 0 unspecified atom stereocenters. The number of anilines is 1. The van der Waals surface area contributed by atoms with E-state index >= 15 is 0 Å². The van der Waals surface area contributed by atoms with E-state index in [1.54, 1.807) is 18.5 Å². The third-order valence-electron chi connectivity index (χ3n) is 4.56. The summed E-state index contributed by atoms with van der Waals surface area (Å²) in [5.74, 6) is -0.200. The average Bonchev–Trinajstić information content (AvgIpc) is 3.01. The van der Waals surface area contributed by atoms with Crippen molar-refractivity contribution >= 4 is 16.6 Å². The van der Waals surface area contributed by atoms with Crippen molar-refractivity contribution in [1.82, 2.24) is 15.2 Å². The van der Waals surface area contributed by atoms with Crippen LogP contribution in [0.3, 0.4) is 0 Å². The van der Waals surface area contributed by atoms with Gasteiger partial charge >= 0.3 is 0 Å². The zero-order valence-electron chi connectivity index (χ0n) is 13.4. The van der Waals surface area contributed by atoms with Gasteiger partial charge in [0, 0.05) is 29.2 Å². The first kappa shape index (κ1) is 15.7. The number of benzene rings is 1. The van der Waals surface area contributed by atoms with E-state index in [0.29, 0.717) is 17.6 Å². The van der Waals surface area contributed by atoms with Gasteiger partial charge in [0.05, 0.1) is 11.7 Å². The number of aliphatic hydroxyl groups is 1. The number of hydrogen-bond acceptors (Lipinski definition) is 6. The van der Waals surface area contributed by atoms with Crippen molar-refractivity contribution in [3.8, 4) is 17.0 Å². The van der Waals surface area contributed by atoms with Gasteiger partial charge in [-0.15, -0.1) is 10.2 Å². The Morgan fingerprint density at radius 1 is 1.12 bits per heavy atom. The number of nitrogens with zero attached hydrogens (tertiary/aromatic N) is 3. The molecule has 1 saturated carbocycles. The van der Waals surface area contributed by atoms with Crippen LogP contribution in [0.25, 0.3) is 22.0 Å². The zero-order valence-corrected chi connectivity index (χ0v) is 13.4. The van der Waals surface area contributed by atoms with Crippen molar-refractivity contribution < 1.29 is 14.6 Å². The normalized spacial score (nSPS) is 20.1. The second-order valence-corrected chi connectivity index (χ2v) is 6.26. The molecule has 0 amide bonds. The minimum Gasteiger partial charge on any atom is -0.507 e. The minimum atomic E-state index is -0.570. The summed E-state index contributed by atoms with van der Waals surface area (Å²) in [5.41, 5.74) is 0.256. The summed E-state index contributed by atoms with van der Waals surface area (Å²) in [7, 11) is 0. The lowest BCUT2D eigenvalue weighted by Gasteiger charge is -2.15. The highest BCUT2D eigenvalue weighted by Crippen LogP contribution is 2.36. The maximum absolute atomic E-state index is 14.2. The fourth-order valence-corrected chi connectivity index (χ4v) is 3.32. The quantitative estimate of drug-likeness (QED) is 0.679. The van der Waals surface area contributed by atoms with E-state index < -0.39 is 5.82 Å². The summed E-state index contributed by atoms with van der Waals surface area (Å²) in [6, 6.07) is 6.01. The molecular weight excluding hydrogens is 323 g/mol. The number of phenolic OH excluding ortho intramolecular Hbond substituents is 1. The fraction of sp³-hybridized carbons (Fsp3) is 0.278. The topological polar surface area (TPSA) is 91.2 Å². The lowest BCUT2D eigenvalue weighted by molar-refractivity contribution is 0.182. The lowest BCUT2D eigenvalue weighted by atomic mass is 10.0. The number of aromatic nitrogens is 3. The molecule has 4 rings (SSSR count). The molecule has 0 bridgehead atoms. The van der Waals surface area contributed by atoms with Crippen molar-refractivity contribution in [2.45, 2.75) is 31.4 Å².